The number of nitrogens with zero attached hydrogens (tertiary/aromatic N) is 2. The molecule has 0 aromatic rings. The second-order valence-electron chi connectivity index (χ2n) is 0.163. The number of hydrogen-bond acceptors (Lipinski definition) is 4. The van der Waals surface area contributed by atoms with Gasteiger partial charge in [-0.05, 0) is 0 Å². The van der Waals surface area contributed by atoms with Crippen LogP contribution >= 0.6 is 0 Å². The Hall–Kier alpha value is -0.706. The van der Waals surface area contributed by atoms with Crippen molar-refractivity contribution in [1.29, 1.82) is 0 Å². The van der Waals surface area contributed by atoms with E-state index in [2.05, 4.69) is 0 Å². The van der Waals surface area contributed by atoms with Crippen LogP contribution in [0.1, 0.15) is 0 Å². The molecule has 0 heterocycles. The topological polar surface area (TPSA) is 99.3 Å². The van der Waals surface area contributed by atoms with E-state index in [0.29, 0.717) is 0 Å². The average molecular weight is 153 g/mol. The standard InChI is InChI=1S/2HNO2.Ni/c2*2-1-3;/h2*(H,2,3);. The van der Waals surface area contributed by atoms with E-state index in [9.17, 15) is 0 Å². The SMILES string of the molecule is O=NO.O=NO.[Ni]. The van der Waals surface area contributed by atoms with Crippen LogP contribution < -0.4 is 0 Å². The number of hydrogen-bond donors (Lipinski definition) is 2. The summed E-state index contributed by atoms with van der Waals surface area (Å²) in [4.78, 5) is 16.2. The molecule has 0 unspecified atom stereocenters. The van der Waals surface area contributed by atoms with Gasteiger partial charge in [0.15, 0.2) is 10.7 Å². The molecule has 0 aromatic heterocycles. The summed E-state index contributed by atoms with van der Waals surface area (Å²) in [6.45, 7) is 0. The second-order valence-corrected chi connectivity index (χ2v) is 0.163. The molecule has 0 amide bonds. The quantitative estimate of drug-likeness (QED) is 0.296. The van der Waals surface area contributed by atoms with Crippen molar-refractivity contribution in [2.45, 2.75) is 0 Å². The van der Waals surface area contributed by atoms with Crippen LogP contribution in [0.15, 0.2) is 10.7 Å². The van der Waals surface area contributed by atoms with Crippen molar-refractivity contribution in [1.82, 2.24) is 0 Å². The van der Waals surface area contributed by atoms with Gasteiger partial charge in [-0.1, -0.05) is 0 Å². The third kappa shape index (κ3) is 115. The van der Waals surface area contributed by atoms with Crippen molar-refractivity contribution in [3.63, 3.8) is 0 Å². The van der Waals surface area contributed by atoms with Gasteiger partial charge in [-0.3, -0.25) is 0 Å². The summed E-state index contributed by atoms with van der Waals surface area (Å²) >= 11 is 0. The Bertz CT molecular complexity index is 30.7. The van der Waals surface area contributed by atoms with Crippen molar-refractivity contribution < 1.29 is 26.9 Å². The molecule has 0 saturated heterocycles. The minimum absolute atomic E-state index is 0. The molecule has 0 radical (unpaired) electrons. The van der Waals surface area contributed by atoms with Gasteiger partial charge in [0.25, 0.3) is 0 Å². The van der Waals surface area contributed by atoms with Gasteiger partial charge in [0.05, 0.1) is 0 Å². The molecule has 6 nitrogen and oxygen atoms in total. The molecule has 2 N–H and O–H groups in total. The zero-order chi connectivity index (χ0) is 5.41. The smallest absolute Gasteiger partial charge is 0.152 e. The van der Waals surface area contributed by atoms with Gasteiger partial charge < -0.3 is 10.4 Å². The fourth-order valence-corrected chi connectivity index (χ4v) is 0. The summed E-state index contributed by atoms with van der Waals surface area (Å²) in [6.07, 6.45) is 0. The molecule has 7 heteroatoms. The molecule has 0 spiro atoms. The first-order chi connectivity index (χ1) is 2.83. The van der Waals surface area contributed by atoms with Gasteiger partial charge in [-0.2, -0.15) is 0 Å². The van der Waals surface area contributed by atoms with E-state index < -0.39 is 0 Å². The maximum Gasteiger partial charge on any atom is 0.152 e. The minimum atomic E-state index is 0. The van der Waals surface area contributed by atoms with E-state index in [1.54, 1.807) is 0 Å². The Labute approximate surface area is 48.3 Å². The molecule has 7 heavy (non-hydrogen) atoms. The molecule has 46 valence electrons. The number of rotatable bonds is 0. The maximum absolute atomic E-state index is 8.11. The van der Waals surface area contributed by atoms with Crippen molar-refractivity contribution >= 4 is 0 Å². The van der Waals surface area contributed by atoms with E-state index in [1.165, 1.54) is 10.7 Å². The third-order valence-corrected chi connectivity index (χ3v) is 0. The van der Waals surface area contributed by atoms with Crippen molar-refractivity contribution in [3.8, 4) is 0 Å². The van der Waals surface area contributed by atoms with Crippen LogP contribution in [0.4, 0.5) is 0 Å². The van der Waals surface area contributed by atoms with Crippen molar-refractivity contribution in [2.24, 2.45) is 10.7 Å². The Morgan fingerprint density at radius 2 is 1.00 bits per heavy atom. The predicted molar refractivity (Wildman–Crippen MR) is 15.2 cm³/mol. The monoisotopic (exact) mass is 152 g/mol. The minimum Gasteiger partial charge on any atom is -0.379 e. The first-order valence-corrected chi connectivity index (χ1v) is 0.765. The van der Waals surface area contributed by atoms with Gasteiger partial charge >= 0.3 is 0 Å². The zero-order valence-electron chi connectivity index (χ0n) is 2.92. The molecule has 0 aliphatic carbocycles. The van der Waals surface area contributed by atoms with E-state index >= 15 is 0 Å². The van der Waals surface area contributed by atoms with Crippen LogP contribution in [0.3, 0.4) is 0 Å². The Balaban J connectivity index is -0.0000000400. The first-order valence-electron chi connectivity index (χ1n) is 0.765. The molecule has 0 rings (SSSR count). The van der Waals surface area contributed by atoms with Crippen molar-refractivity contribution in [2.75, 3.05) is 0 Å². The molecular formula is H2N2NiO4. The fourth-order valence-electron chi connectivity index (χ4n) is 0. The van der Waals surface area contributed by atoms with Crippen LogP contribution in [0.5, 0.6) is 0 Å². The predicted octanol–water partition coefficient (Wildman–Crippen LogP) is 0.282. The molecule has 0 bridgehead atoms. The van der Waals surface area contributed by atoms with Gasteiger partial charge in [0.2, 0.25) is 0 Å². The average Bonchev–Trinajstić information content (AvgIpc) is 1.39. The Morgan fingerprint density at radius 3 is 1.00 bits per heavy atom. The molecule has 0 aromatic carbocycles. The van der Waals surface area contributed by atoms with Crippen LogP contribution in [-0.2, 0) is 16.5 Å². The summed E-state index contributed by atoms with van der Waals surface area (Å²) in [5.74, 6) is 0. The largest absolute Gasteiger partial charge is 0.379 e. The molecule has 0 fully saturated rings. The maximum atomic E-state index is 8.11. The molecule has 0 aliphatic heterocycles. The van der Waals surface area contributed by atoms with Crippen LogP contribution in [0.2, 0.25) is 0 Å². The van der Waals surface area contributed by atoms with Gasteiger partial charge in [-0.25, -0.2) is 0 Å². The molecule has 0 atom stereocenters. The summed E-state index contributed by atoms with van der Waals surface area (Å²) in [5, 5.41) is 15.8. The fraction of sp³-hybridized carbons (Fsp3) is 0. The van der Waals surface area contributed by atoms with Gasteiger partial charge in [0.1, 0.15) is 0 Å². The molecular weight excluding hydrogens is 151 g/mol. The third-order valence-electron chi connectivity index (χ3n) is 0. The Kier molecular flexibility index (Phi) is 135. The van der Waals surface area contributed by atoms with Crippen LogP contribution in [-0.4, -0.2) is 10.4 Å². The van der Waals surface area contributed by atoms with E-state index in [4.69, 9.17) is 20.2 Å². The summed E-state index contributed by atoms with van der Waals surface area (Å²) in [6, 6.07) is 0. The van der Waals surface area contributed by atoms with Crippen molar-refractivity contribution in [3.05, 3.63) is 9.81 Å². The van der Waals surface area contributed by atoms with Gasteiger partial charge in [-0.15, -0.1) is 9.81 Å². The van der Waals surface area contributed by atoms with Gasteiger partial charge in [0, 0.05) is 16.5 Å². The van der Waals surface area contributed by atoms with Crippen LogP contribution in [0, 0.1) is 9.81 Å². The molecule has 0 saturated carbocycles. The summed E-state index contributed by atoms with van der Waals surface area (Å²) in [5.41, 5.74) is 0. The molecule has 0 aliphatic rings. The second kappa shape index (κ2) is 58.3. The van der Waals surface area contributed by atoms with E-state index in [1.807, 2.05) is 0 Å². The Morgan fingerprint density at radius 1 is 1.00 bits per heavy atom. The first kappa shape index (κ1) is 16.3. The normalized spacial score (nSPS) is 3.43. The zero-order valence-corrected chi connectivity index (χ0v) is 3.91. The van der Waals surface area contributed by atoms with E-state index in [0.717, 1.165) is 0 Å². The van der Waals surface area contributed by atoms with Crippen LogP contribution in [0.25, 0.3) is 0 Å². The summed E-state index contributed by atoms with van der Waals surface area (Å²) < 4.78 is 0. The van der Waals surface area contributed by atoms with E-state index in [-0.39, 0.29) is 16.5 Å². The summed E-state index contributed by atoms with van der Waals surface area (Å²) in [7, 11) is 0.